The molecule has 4 nitrogen and oxygen atoms in total. The molecule has 0 amide bonds. The lowest BCUT2D eigenvalue weighted by molar-refractivity contribution is 0.197. The van der Waals surface area contributed by atoms with E-state index in [0.717, 1.165) is 36.3 Å². The summed E-state index contributed by atoms with van der Waals surface area (Å²) in [5.41, 5.74) is 1.30. The highest BCUT2D eigenvalue weighted by atomic mass is 79.9. The molecule has 20 heavy (non-hydrogen) atoms. The third kappa shape index (κ3) is 3.35. The molecule has 1 aliphatic rings. The Balaban J connectivity index is 1.56. The van der Waals surface area contributed by atoms with Gasteiger partial charge in [-0.05, 0) is 46.1 Å². The average molecular weight is 334 g/mol. The number of likely N-dealkylation sites (tertiary alicyclic amines) is 1. The number of hydrogen-bond acceptors (Lipinski definition) is 4. The molecular formula is C15H16BrN3O. The van der Waals surface area contributed by atoms with E-state index in [1.165, 1.54) is 5.56 Å². The van der Waals surface area contributed by atoms with Crippen LogP contribution in [-0.2, 0) is 6.54 Å². The minimum atomic E-state index is 0.246. The van der Waals surface area contributed by atoms with Crippen LogP contribution in [0.5, 0.6) is 5.75 Å². The first-order valence-corrected chi connectivity index (χ1v) is 7.48. The summed E-state index contributed by atoms with van der Waals surface area (Å²) in [6, 6.07) is 6.02. The highest BCUT2D eigenvalue weighted by molar-refractivity contribution is 9.10. The van der Waals surface area contributed by atoms with Crippen molar-refractivity contribution in [2.24, 2.45) is 0 Å². The maximum absolute atomic E-state index is 6.03. The molecule has 3 heterocycles. The van der Waals surface area contributed by atoms with E-state index in [-0.39, 0.29) is 6.10 Å². The van der Waals surface area contributed by atoms with E-state index in [1.807, 2.05) is 18.5 Å². The number of pyridine rings is 2. The smallest absolute Gasteiger partial charge is 0.137 e. The fourth-order valence-corrected chi connectivity index (χ4v) is 2.76. The predicted octanol–water partition coefficient (Wildman–Crippen LogP) is 2.89. The van der Waals surface area contributed by atoms with Gasteiger partial charge in [0, 0.05) is 44.4 Å². The van der Waals surface area contributed by atoms with Crippen molar-refractivity contribution in [3.05, 3.63) is 53.0 Å². The van der Waals surface area contributed by atoms with Crippen LogP contribution in [0, 0.1) is 0 Å². The van der Waals surface area contributed by atoms with Crippen LogP contribution in [0.2, 0.25) is 0 Å². The van der Waals surface area contributed by atoms with Gasteiger partial charge < -0.3 is 4.74 Å². The van der Waals surface area contributed by atoms with Gasteiger partial charge in [0.05, 0.1) is 4.47 Å². The van der Waals surface area contributed by atoms with Crippen LogP contribution in [0.15, 0.2) is 47.5 Å². The summed E-state index contributed by atoms with van der Waals surface area (Å²) < 4.78 is 6.94. The summed E-state index contributed by atoms with van der Waals surface area (Å²) in [6.07, 6.45) is 8.50. The van der Waals surface area contributed by atoms with Crippen molar-refractivity contribution >= 4 is 15.9 Å². The third-order valence-electron chi connectivity index (χ3n) is 3.41. The van der Waals surface area contributed by atoms with Gasteiger partial charge in [-0.3, -0.25) is 14.9 Å². The summed E-state index contributed by atoms with van der Waals surface area (Å²) in [4.78, 5) is 10.5. The summed E-state index contributed by atoms with van der Waals surface area (Å²) in [6.45, 7) is 2.98. The zero-order valence-electron chi connectivity index (χ0n) is 11.1. The van der Waals surface area contributed by atoms with Gasteiger partial charge in [0.2, 0.25) is 0 Å². The van der Waals surface area contributed by atoms with E-state index in [0.29, 0.717) is 0 Å². The molecule has 3 rings (SSSR count). The van der Waals surface area contributed by atoms with Gasteiger partial charge in [-0.2, -0.15) is 0 Å². The lowest BCUT2D eigenvalue weighted by atomic mass is 10.2. The van der Waals surface area contributed by atoms with Crippen molar-refractivity contribution < 1.29 is 4.74 Å². The topological polar surface area (TPSA) is 38.2 Å². The number of rotatable bonds is 4. The largest absolute Gasteiger partial charge is 0.488 e. The molecule has 2 aromatic heterocycles. The van der Waals surface area contributed by atoms with E-state index in [1.54, 1.807) is 12.4 Å². The Hall–Kier alpha value is -1.46. The van der Waals surface area contributed by atoms with Gasteiger partial charge in [-0.15, -0.1) is 0 Å². The zero-order chi connectivity index (χ0) is 13.8. The van der Waals surface area contributed by atoms with Gasteiger partial charge in [0.1, 0.15) is 11.9 Å². The third-order valence-corrected chi connectivity index (χ3v) is 4.01. The van der Waals surface area contributed by atoms with E-state index < -0.39 is 0 Å². The Morgan fingerprint density at radius 3 is 2.80 bits per heavy atom. The fraction of sp³-hybridized carbons (Fsp3) is 0.333. The average Bonchev–Trinajstić information content (AvgIpc) is 2.90. The first-order valence-electron chi connectivity index (χ1n) is 6.69. The quantitative estimate of drug-likeness (QED) is 0.862. The molecule has 1 saturated heterocycles. The predicted molar refractivity (Wildman–Crippen MR) is 80.5 cm³/mol. The Kier molecular flexibility index (Phi) is 4.28. The molecule has 0 aromatic carbocycles. The van der Waals surface area contributed by atoms with E-state index in [4.69, 9.17) is 4.74 Å². The van der Waals surface area contributed by atoms with Crippen LogP contribution in [0.1, 0.15) is 12.0 Å². The van der Waals surface area contributed by atoms with Crippen molar-refractivity contribution in [3.8, 4) is 5.75 Å². The number of halogens is 1. The molecule has 2 aromatic rings. The molecule has 0 spiro atoms. The van der Waals surface area contributed by atoms with Gasteiger partial charge in [-0.1, -0.05) is 0 Å². The van der Waals surface area contributed by atoms with Crippen LogP contribution in [0.25, 0.3) is 0 Å². The molecule has 1 unspecified atom stereocenters. The molecule has 0 radical (unpaired) electrons. The molecule has 0 saturated carbocycles. The van der Waals surface area contributed by atoms with Crippen LogP contribution in [0.4, 0.5) is 0 Å². The van der Waals surface area contributed by atoms with Gasteiger partial charge in [-0.25, -0.2) is 0 Å². The van der Waals surface area contributed by atoms with Crippen LogP contribution in [0.3, 0.4) is 0 Å². The number of nitrogens with zero attached hydrogens (tertiary/aromatic N) is 3. The SMILES string of the molecule is Brc1cnccc1OC1CCN(Cc2ccncc2)C1. The van der Waals surface area contributed by atoms with Crippen molar-refractivity contribution in [2.45, 2.75) is 19.1 Å². The maximum Gasteiger partial charge on any atom is 0.137 e. The molecular weight excluding hydrogens is 318 g/mol. The first kappa shape index (κ1) is 13.5. The fourth-order valence-electron chi connectivity index (χ4n) is 2.42. The lowest BCUT2D eigenvalue weighted by Crippen LogP contribution is -2.24. The first-order chi connectivity index (χ1) is 9.81. The molecule has 1 fully saturated rings. The molecule has 1 atom stereocenters. The normalized spacial score (nSPS) is 19.1. The molecule has 0 N–H and O–H groups in total. The lowest BCUT2D eigenvalue weighted by Gasteiger charge is -2.17. The Bertz CT molecular complexity index is 564. The molecule has 104 valence electrons. The monoisotopic (exact) mass is 333 g/mol. The Morgan fingerprint density at radius 2 is 2.00 bits per heavy atom. The summed E-state index contributed by atoms with van der Waals surface area (Å²) in [5, 5.41) is 0. The number of ether oxygens (including phenoxy) is 1. The molecule has 5 heteroatoms. The van der Waals surface area contributed by atoms with Crippen molar-refractivity contribution in [1.29, 1.82) is 0 Å². The summed E-state index contributed by atoms with van der Waals surface area (Å²) in [5.74, 6) is 0.871. The standard InChI is InChI=1S/C15H16BrN3O/c16-14-9-18-7-3-15(14)20-13-4-8-19(11-13)10-12-1-5-17-6-2-12/h1-3,5-7,9,13H,4,8,10-11H2. The number of hydrogen-bond donors (Lipinski definition) is 0. The second-order valence-electron chi connectivity index (χ2n) is 4.93. The van der Waals surface area contributed by atoms with Gasteiger partial charge in [0.25, 0.3) is 0 Å². The molecule has 0 aliphatic carbocycles. The molecule has 0 bridgehead atoms. The van der Waals surface area contributed by atoms with Crippen LogP contribution < -0.4 is 4.74 Å². The maximum atomic E-state index is 6.03. The Morgan fingerprint density at radius 1 is 1.20 bits per heavy atom. The Labute approximate surface area is 126 Å². The minimum absolute atomic E-state index is 0.246. The zero-order valence-corrected chi connectivity index (χ0v) is 12.7. The summed E-state index contributed by atoms with van der Waals surface area (Å²) in [7, 11) is 0. The summed E-state index contributed by atoms with van der Waals surface area (Å²) >= 11 is 3.46. The number of aromatic nitrogens is 2. The van der Waals surface area contributed by atoms with Crippen molar-refractivity contribution in [2.75, 3.05) is 13.1 Å². The van der Waals surface area contributed by atoms with Gasteiger partial charge >= 0.3 is 0 Å². The highest BCUT2D eigenvalue weighted by Gasteiger charge is 2.24. The van der Waals surface area contributed by atoms with Crippen molar-refractivity contribution in [3.63, 3.8) is 0 Å². The van der Waals surface area contributed by atoms with Crippen molar-refractivity contribution in [1.82, 2.24) is 14.9 Å². The van der Waals surface area contributed by atoms with Gasteiger partial charge in [0.15, 0.2) is 0 Å². The highest BCUT2D eigenvalue weighted by Crippen LogP contribution is 2.26. The second-order valence-corrected chi connectivity index (χ2v) is 5.78. The van der Waals surface area contributed by atoms with E-state index in [2.05, 4.69) is 42.9 Å². The van der Waals surface area contributed by atoms with Crippen LogP contribution >= 0.6 is 15.9 Å². The molecule has 1 aliphatic heterocycles. The minimum Gasteiger partial charge on any atom is -0.488 e. The second kappa shape index (κ2) is 6.33. The van der Waals surface area contributed by atoms with Crippen LogP contribution in [-0.4, -0.2) is 34.1 Å². The van der Waals surface area contributed by atoms with E-state index >= 15 is 0 Å². The van der Waals surface area contributed by atoms with E-state index in [9.17, 15) is 0 Å².